The van der Waals surface area contributed by atoms with Gasteiger partial charge in [-0.15, -0.1) is 0 Å². The van der Waals surface area contributed by atoms with E-state index < -0.39 is 0 Å². The topological polar surface area (TPSA) is 44.7 Å². The summed E-state index contributed by atoms with van der Waals surface area (Å²) in [5.74, 6) is 0.733. The van der Waals surface area contributed by atoms with Crippen molar-refractivity contribution in [2.75, 3.05) is 33.3 Å². The van der Waals surface area contributed by atoms with E-state index in [1.165, 1.54) is 38.9 Å². The lowest BCUT2D eigenvalue weighted by Gasteiger charge is -2.14. The van der Waals surface area contributed by atoms with Crippen LogP contribution in [-0.4, -0.2) is 43.3 Å². The van der Waals surface area contributed by atoms with Crippen LogP contribution < -0.4 is 10.1 Å². The number of ether oxygens (including phenoxy) is 1. The molecule has 1 aromatic carbocycles. The van der Waals surface area contributed by atoms with E-state index in [-0.39, 0.29) is 5.75 Å². The molecule has 1 aliphatic rings. The van der Waals surface area contributed by atoms with E-state index in [0.29, 0.717) is 5.75 Å². The van der Waals surface area contributed by atoms with E-state index in [0.717, 1.165) is 18.7 Å². The minimum absolute atomic E-state index is 0.207. The minimum Gasteiger partial charge on any atom is -0.504 e. The molecular weight excluding hydrogens is 240 g/mol. The van der Waals surface area contributed by atoms with Crippen molar-refractivity contribution in [2.24, 2.45) is 0 Å². The third-order valence-electron chi connectivity index (χ3n) is 3.60. The molecule has 0 saturated carbocycles. The molecular formula is C15H24N2O2. The van der Waals surface area contributed by atoms with Gasteiger partial charge >= 0.3 is 0 Å². The molecule has 1 heterocycles. The highest BCUT2D eigenvalue weighted by molar-refractivity contribution is 5.41. The van der Waals surface area contributed by atoms with Crippen molar-refractivity contribution in [3.63, 3.8) is 0 Å². The van der Waals surface area contributed by atoms with E-state index in [1.54, 1.807) is 19.2 Å². The molecule has 0 radical (unpaired) electrons. The van der Waals surface area contributed by atoms with Gasteiger partial charge in [-0.05, 0) is 63.1 Å². The van der Waals surface area contributed by atoms with Crippen molar-refractivity contribution in [2.45, 2.75) is 25.8 Å². The van der Waals surface area contributed by atoms with Crippen LogP contribution in [0, 0.1) is 0 Å². The van der Waals surface area contributed by atoms with E-state index in [2.05, 4.69) is 10.2 Å². The Morgan fingerprint density at radius 1 is 1.32 bits per heavy atom. The quantitative estimate of drug-likeness (QED) is 0.739. The first-order valence-corrected chi connectivity index (χ1v) is 7.08. The maximum Gasteiger partial charge on any atom is 0.160 e. The van der Waals surface area contributed by atoms with E-state index in [4.69, 9.17) is 4.74 Å². The molecule has 1 fully saturated rings. The average molecular weight is 264 g/mol. The van der Waals surface area contributed by atoms with Gasteiger partial charge in [0.2, 0.25) is 0 Å². The standard InChI is InChI=1S/C15H24N2O2/c1-19-15-6-5-13(11-14(15)18)12-16-7-4-10-17-8-2-3-9-17/h5-6,11,16,18H,2-4,7-10,12H2,1H3. The molecule has 0 atom stereocenters. The molecule has 1 saturated heterocycles. The van der Waals surface area contributed by atoms with Gasteiger partial charge in [0.05, 0.1) is 7.11 Å². The molecule has 1 aromatic rings. The molecule has 0 amide bonds. The Balaban J connectivity index is 1.63. The van der Waals surface area contributed by atoms with Gasteiger partial charge in [0.25, 0.3) is 0 Å². The maximum absolute atomic E-state index is 9.68. The largest absolute Gasteiger partial charge is 0.504 e. The van der Waals surface area contributed by atoms with Crippen LogP contribution in [-0.2, 0) is 6.54 Å². The summed E-state index contributed by atoms with van der Waals surface area (Å²) in [5.41, 5.74) is 1.08. The second-order valence-electron chi connectivity index (χ2n) is 5.09. The second kappa shape index (κ2) is 7.36. The third kappa shape index (κ3) is 4.40. The van der Waals surface area contributed by atoms with Gasteiger partial charge in [-0.25, -0.2) is 0 Å². The number of rotatable bonds is 7. The molecule has 0 spiro atoms. The van der Waals surface area contributed by atoms with Crippen LogP contribution in [0.4, 0.5) is 0 Å². The SMILES string of the molecule is COc1ccc(CNCCCN2CCCC2)cc1O. The van der Waals surface area contributed by atoms with Crippen molar-refractivity contribution in [3.05, 3.63) is 23.8 Å². The number of aromatic hydroxyl groups is 1. The smallest absolute Gasteiger partial charge is 0.160 e. The normalized spacial score (nSPS) is 15.8. The predicted octanol–water partition coefficient (Wildman–Crippen LogP) is 1.98. The highest BCUT2D eigenvalue weighted by atomic mass is 16.5. The van der Waals surface area contributed by atoms with Gasteiger partial charge in [-0.3, -0.25) is 0 Å². The lowest BCUT2D eigenvalue weighted by Crippen LogP contribution is -2.24. The molecule has 0 unspecified atom stereocenters. The highest BCUT2D eigenvalue weighted by Gasteiger charge is 2.09. The zero-order valence-electron chi connectivity index (χ0n) is 11.7. The zero-order chi connectivity index (χ0) is 13.5. The number of methoxy groups -OCH3 is 1. The second-order valence-corrected chi connectivity index (χ2v) is 5.09. The molecule has 4 heteroatoms. The Labute approximate surface area is 115 Å². The summed E-state index contributed by atoms with van der Waals surface area (Å²) in [6.45, 7) is 5.54. The summed E-state index contributed by atoms with van der Waals surface area (Å²) < 4.78 is 5.02. The number of hydrogen-bond donors (Lipinski definition) is 2. The molecule has 4 nitrogen and oxygen atoms in total. The zero-order valence-corrected chi connectivity index (χ0v) is 11.7. The Hall–Kier alpha value is -1.26. The minimum atomic E-state index is 0.207. The fraction of sp³-hybridized carbons (Fsp3) is 0.600. The number of nitrogens with one attached hydrogen (secondary N) is 1. The van der Waals surface area contributed by atoms with Crippen molar-refractivity contribution >= 4 is 0 Å². The Morgan fingerprint density at radius 3 is 2.79 bits per heavy atom. The first-order valence-electron chi connectivity index (χ1n) is 7.08. The molecule has 1 aliphatic heterocycles. The third-order valence-corrected chi connectivity index (χ3v) is 3.60. The van der Waals surface area contributed by atoms with E-state index in [9.17, 15) is 5.11 Å². The number of phenolic OH excluding ortho intramolecular Hbond substituents is 1. The van der Waals surface area contributed by atoms with Gasteiger partial charge in [-0.1, -0.05) is 6.07 Å². The maximum atomic E-state index is 9.68. The van der Waals surface area contributed by atoms with Gasteiger partial charge in [-0.2, -0.15) is 0 Å². The number of nitrogens with zero attached hydrogens (tertiary/aromatic N) is 1. The van der Waals surface area contributed by atoms with Gasteiger partial charge in [0, 0.05) is 6.54 Å². The number of benzene rings is 1. The van der Waals surface area contributed by atoms with Crippen LogP contribution in [0.25, 0.3) is 0 Å². The van der Waals surface area contributed by atoms with Crippen LogP contribution in [0.1, 0.15) is 24.8 Å². The van der Waals surface area contributed by atoms with Crippen LogP contribution >= 0.6 is 0 Å². The molecule has 0 aliphatic carbocycles. The van der Waals surface area contributed by atoms with Crippen LogP contribution in [0.3, 0.4) is 0 Å². The summed E-state index contributed by atoms with van der Waals surface area (Å²) >= 11 is 0. The number of hydrogen-bond acceptors (Lipinski definition) is 4. The van der Waals surface area contributed by atoms with Crippen molar-refractivity contribution < 1.29 is 9.84 Å². The monoisotopic (exact) mass is 264 g/mol. The van der Waals surface area contributed by atoms with Crippen LogP contribution in [0.2, 0.25) is 0 Å². The van der Waals surface area contributed by atoms with Gasteiger partial charge in [0.1, 0.15) is 0 Å². The summed E-state index contributed by atoms with van der Waals surface area (Å²) in [5, 5.41) is 13.1. The Morgan fingerprint density at radius 2 is 2.11 bits per heavy atom. The van der Waals surface area contributed by atoms with Crippen LogP contribution in [0.5, 0.6) is 11.5 Å². The fourth-order valence-electron chi connectivity index (χ4n) is 2.51. The highest BCUT2D eigenvalue weighted by Crippen LogP contribution is 2.25. The Bertz CT molecular complexity index is 390. The number of phenols is 1. The molecule has 0 aromatic heterocycles. The molecule has 0 bridgehead atoms. The lowest BCUT2D eigenvalue weighted by atomic mass is 10.2. The van der Waals surface area contributed by atoms with Crippen LogP contribution in [0.15, 0.2) is 18.2 Å². The molecule has 19 heavy (non-hydrogen) atoms. The molecule has 106 valence electrons. The molecule has 2 N–H and O–H groups in total. The first-order chi connectivity index (χ1) is 9.29. The van der Waals surface area contributed by atoms with Gasteiger partial charge in [0.15, 0.2) is 11.5 Å². The summed E-state index contributed by atoms with van der Waals surface area (Å²) in [6, 6.07) is 5.54. The fourth-order valence-corrected chi connectivity index (χ4v) is 2.51. The van der Waals surface area contributed by atoms with E-state index in [1.807, 2.05) is 6.07 Å². The lowest BCUT2D eigenvalue weighted by molar-refractivity contribution is 0.331. The first kappa shape index (κ1) is 14.2. The number of likely N-dealkylation sites (tertiary alicyclic amines) is 1. The van der Waals surface area contributed by atoms with Crippen molar-refractivity contribution in [3.8, 4) is 11.5 Å². The average Bonchev–Trinajstić information content (AvgIpc) is 2.92. The van der Waals surface area contributed by atoms with Crippen molar-refractivity contribution in [1.82, 2.24) is 10.2 Å². The summed E-state index contributed by atoms with van der Waals surface area (Å²) in [6.07, 6.45) is 3.90. The van der Waals surface area contributed by atoms with E-state index >= 15 is 0 Å². The summed E-state index contributed by atoms with van der Waals surface area (Å²) in [4.78, 5) is 2.53. The van der Waals surface area contributed by atoms with Crippen molar-refractivity contribution in [1.29, 1.82) is 0 Å². The summed E-state index contributed by atoms with van der Waals surface area (Å²) in [7, 11) is 1.56. The Kier molecular flexibility index (Phi) is 5.48. The van der Waals surface area contributed by atoms with Gasteiger partial charge < -0.3 is 20.1 Å². The molecule has 2 rings (SSSR count). The predicted molar refractivity (Wildman–Crippen MR) is 76.7 cm³/mol.